The number of hydrogen-bond acceptors (Lipinski definition) is 1. The molecule has 0 atom stereocenters. The zero-order valence-electron chi connectivity index (χ0n) is 31.0. The van der Waals surface area contributed by atoms with Gasteiger partial charge in [-0.15, -0.1) is 0 Å². The van der Waals surface area contributed by atoms with Gasteiger partial charge in [-0.25, -0.2) is 4.39 Å². The van der Waals surface area contributed by atoms with Crippen molar-refractivity contribution in [3.8, 4) is 44.5 Å². The van der Waals surface area contributed by atoms with Crippen LogP contribution in [-0.2, 0) is 10.8 Å². The van der Waals surface area contributed by atoms with Gasteiger partial charge >= 0.3 is 0 Å². The van der Waals surface area contributed by atoms with Crippen LogP contribution in [0.4, 0.5) is 21.5 Å². The Morgan fingerprint density at radius 2 is 0.870 bits per heavy atom. The quantitative estimate of drug-likeness (QED) is 0.173. The van der Waals surface area contributed by atoms with Crippen LogP contribution < -0.4 is 4.90 Å². The van der Waals surface area contributed by atoms with E-state index in [4.69, 9.17) is 0 Å². The minimum Gasteiger partial charge on any atom is -0.310 e. The molecule has 8 aromatic carbocycles. The molecule has 2 heteroatoms. The lowest BCUT2D eigenvalue weighted by Crippen LogP contribution is -2.16. The molecule has 0 N–H and O–H groups in total. The first-order valence-corrected chi connectivity index (χ1v) is 18.9. The summed E-state index contributed by atoms with van der Waals surface area (Å²) in [5.41, 5.74) is 17.6. The average Bonchev–Trinajstić information content (AvgIpc) is 3.58. The predicted octanol–water partition coefficient (Wildman–Crippen LogP) is 14.4. The van der Waals surface area contributed by atoms with E-state index in [0.717, 1.165) is 44.7 Å². The molecule has 0 saturated carbocycles. The van der Waals surface area contributed by atoms with E-state index in [0.29, 0.717) is 5.39 Å². The summed E-state index contributed by atoms with van der Waals surface area (Å²) in [5, 5.41) is 1.66. The largest absolute Gasteiger partial charge is 0.310 e. The lowest BCUT2D eigenvalue weighted by Gasteiger charge is -2.28. The van der Waals surface area contributed by atoms with Crippen molar-refractivity contribution in [3.63, 3.8) is 0 Å². The predicted molar refractivity (Wildman–Crippen MR) is 225 cm³/mol. The second-order valence-corrected chi connectivity index (χ2v) is 15.9. The fourth-order valence-electron chi connectivity index (χ4n) is 9.23. The lowest BCUT2D eigenvalue weighted by molar-refractivity contribution is 0.619. The highest BCUT2D eigenvalue weighted by Gasteiger charge is 2.38. The Balaban J connectivity index is 1.06. The van der Waals surface area contributed by atoms with E-state index in [1.165, 1.54) is 44.5 Å². The van der Waals surface area contributed by atoms with Crippen molar-refractivity contribution in [1.29, 1.82) is 0 Å². The van der Waals surface area contributed by atoms with E-state index < -0.39 is 0 Å². The third kappa shape index (κ3) is 4.83. The minimum absolute atomic E-state index is 0.103. The molecule has 2 aliphatic carbocycles. The maximum atomic E-state index is 15.4. The molecule has 54 heavy (non-hydrogen) atoms. The molecule has 0 spiro atoms. The van der Waals surface area contributed by atoms with E-state index in [2.05, 4.69) is 178 Å². The van der Waals surface area contributed by atoms with E-state index in [-0.39, 0.29) is 16.6 Å². The Bertz CT molecular complexity index is 2760. The van der Waals surface area contributed by atoms with Gasteiger partial charge in [0.2, 0.25) is 0 Å². The second-order valence-electron chi connectivity index (χ2n) is 15.9. The number of hydrogen-bond donors (Lipinski definition) is 0. The first-order chi connectivity index (χ1) is 26.2. The monoisotopic (exact) mass is 697 g/mol. The molecule has 0 heterocycles. The van der Waals surface area contributed by atoms with Crippen molar-refractivity contribution in [1.82, 2.24) is 0 Å². The van der Waals surface area contributed by atoms with Crippen LogP contribution in [0.5, 0.6) is 0 Å². The third-order valence-electron chi connectivity index (χ3n) is 12.1. The number of halogens is 1. The summed E-state index contributed by atoms with van der Waals surface area (Å²) in [4.78, 5) is 2.38. The maximum absolute atomic E-state index is 15.4. The fraction of sp³-hybridized carbons (Fsp3) is 0.115. The number of anilines is 3. The highest BCUT2D eigenvalue weighted by atomic mass is 19.1. The van der Waals surface area contributed by atoms with Gasteiger partial charge in [0.05, 0.1) is 0 Å². The Morgan fingerprint density at radius 1 is 0.370 bits per heavy atom. The second kappa shape index (κ2) is 11.9. The summed E-state index contributed by atoms with van der Waals surface area (Å²) in [7, 11) is 0. The summed E-state index contributed by atoms with van der Waals surface area (Å²) in [6.45, 7) is 9.11. The van der Waals surface area contributed by atoms with Crippen LogP contribution >= 0.6 is 0 Å². The normalized spacial score (nSPS) is 14.3. The van der Waals surface area contributed by atoms with Crippen LogP contribution in [0.3, 0.4) is 0 Å². The molecule has 0 radical (unpaired) electrons. The molecule has 8 aromatic rings. The molecule has 0 amide bonds. The summed E-state index contributed by atoms with van der Waals surface area (Å²) >= 11 is 0. The Labute approximate surface area is 317 Å². The summed E-state index contributed by atoms with van der Waals surface area (Å²) in [6.07, 6.45) is 0. The molecule has 0 bridgehead atoms. The topological polar surface area (TPSA) is 3.24 Å². The van der Waals surface area contributed by atoms with Crippen molar-refractivity contribution >= 4 is 27.8 Å². The van der Waals surface area contributed by atoms with Gasteiger partial charge in [0.25, 0.3) is 0 Å². The zero-order chi connectivity index (χ0) is 36.8. The highest BCUT2D eigenvalue weighted by molar-refractivity contribution is 6.03. The van der Waals surface area contributed by atoms with E-state index in [1.807, 2.05) is 18.2 Å². The van der Waals surface area contributed by atoms with Gasteiger partial charge in [0, 0.05) is 33.3 Å². The van der Waals surface area contributed by atoms with Crippen molar-refractivity contribution in [3.05, 3.63) is 198 Å². The van der Waals surface area contributed by atoms with Crippen molar-refractivity contribution in [2.75, 3.05) is 4.90 Å². The maximum Gasteiger partial charge on any atom is 0.131 e. The van der Waals surface area contributed by atoms with Gasteiger partial charge < -0.3 is 4.90 Å². The molecule has 0 unspecified atom stereocenters. The van der Waals surface area contributed by atoms with E-state index >= 15 is 4.39 Å². The van der Waals surface area contributed by atoms with Crippen LogP contribution in [0, 0.1) is 5.82 Å². The van der Waals surface area contributed by atoms with Gasteiger partial charge in [0.1, 0.15) is 5.82 Å². The molecule has 0 aliphatic heterocycles. The van der Waals surface area contributed by atoms with Crippen LogP contribution in [0.1, 0.15) is 49.9 Å². The van der Waals surface area contributed by atoms with Crippen LogP contribution in [0.15, 0.2) is 170 Å². The molecule has 2 aliphatic rings. The van der Waals surface area contributed by atoms with Gasteiger partial charge in [-0.05, 0) is 121 Å². The molecular weight excluding hydrogens is 658 g/mol. The van der Waals surface area contributed by atoms with Crippen LogP contribution in [-0.4, -0.2) is 0 Å². The molecular formula is C52H40FN. The Kier molecular flexibility index (Phi) is 7.13. The molecule has 0 fully saturated rings. The highest BCUT2D eigenvalue weighted by Crippen LogP contribution is 2.53. The fourth-order valence-corrected chi connectivity index (χ4v) is 9.23. The summed E-state index contributed by atoms with van der Waals surface area (Å²) in [5.74, 6) is -0.156. The van der Waals surface area contributed by atoms with E-state index in [9.17, 15) is 0 Å². The van der Waals surface area contributed by atoms with Gasteiger partial charge in [0.15, 0.2) is 0 Å². The standard InChI is InChI=1S/C52H40FN/c1-51(2)45-17-11-10-14-40(45)41-29-27-39(31-47(41)51)54(37-23-18-34(19-24-37)33-12-6-5-7-13-33)38-25-20-35(21-26-38)36-22-28-44-46(30-36)52(3,4)48-32-49(53)42-15-8-9-16-43(42)50(44)48/h5-32H,1-4H3. The molecule has 1 nitrogen and oxygen atoms in total. The number of benzene rings is 8. The molecule has 0 aromatic heterocycles. The van der Waals surface area contributed by atoms with Crippen LogP contribution in [0.25, 0.3) is 55.3 Å². The summed E-state index contributed by atoms with van der Waals surface area (Å²) < 4.78 is 15.4. The molecule has 10 rings (SSSR count). The molecule has 260 valence electrons. The first-order valence-electron chi connectivity index (χ1n) is 18.9. The lowest BCUT2D eigenvalue weighted by atomic mass is 9.81. The zero-order valence-corrected chi connectivity index (χ0v) is 31.0. The van der Waals surface area contributed by atoms with Gasteiger partial charge in [-0.2, -0.15) is 0 Å². The first kappa shape index (κ1) is 32.4. The Hall–Kier alpha value is -6.25. The Morgan fingerprint density at radius 3 is 1.59 bits per heavy atom. The number of rotatable bonds is 5. The third-order valence-corrected chi connectivity index (χ3v) is 12.1. The van der Waals surface area contributed by atoms with Crippen molar-refractivity contribution in [2.24, 2.45) is 0 Å². The van der Waals surface area contributed by atoms with Crippen LogP contribution in [0.2, 0.25) is 0 Å². The van der Waals surface area contributed by atoms with Gasteiger partial charge in [-0.3, -0.25) is 0 Å². The van der Waals surface area contributed by atoms with Crippen molar-refractivity contribution in [2.45, 2.75) is 38.5 Å². The van der Waals surface area contributed by atoms with Crippen molar-refractivity contribution < 1.29 is 4.39 Å². The average molecular weight is 698 g/mol. The van der Waals surface area contributed by atoms with Gasteiger partial charge in [-0.1, -0.05) is 149 Å². The minimum atomic E-state index is -0.324. The van der Waals surface area contributed by atoms with E-state index in [1.54, 1.807) is 6.07 Å². The smallest absolute Gasteiger partial charge is 0.131 e. The molecule has 0 saturated heterocycles. The number of nitrogens with zero attached hydrogens (tertiary/aromatic N) is 1. The SMILES string of the molecule is CC1(C)c2ccccc2-c2ccc(N(c3ccc(-c4ccccc4)cc3)c3ccc(-c4ccc5c(c4)C(C)(C)c4cc(F)c6ccccc6c4-5)cc3)cc21. The summed E-state index contributed by atoms with van der Waals surface area (Å²) in [6, 6.07) is 60.6. The number of fused-ring (bicyclic) bond motifs is 8.